The number of carbonyl (C=O) groups is 2. The van der Waals surface area contributed by atoms with Gasteiger partial charge in [0.1, 0.15) is 4.83 Å². The molecule has 0 radical (unpaired) electrons. The third-order valence-electron chi connectivity index (χ3n) is 5.19. The van der Waals surface area contributed by atoms with Gasteiger partial charge in [-0.2, -0.15) is 0 Å². The Kier molecular flexibility index (Phi) is 6.46. The molecule has 0 aliphatic carbocycles. The molecule has 9 heteroatoms. The number of piperazine rings is 1. The highest BCUT2D eigenvalue weighted by Crippen LogP contribution is 2.25. The fourth-order valence-corrected chi connectivity index (χ4v) is 4.40. The Morgan fingerprint density at radius 2 is 1.93 bits per heavy atom. The fraction of sp³-hybridized carbons (Fsp3) is 0.579. The van der Waals surface area contributed by atoms with Crippen LogP contribution in [0.15, 0.2) is 11.1 Å². The smallest absolute Gasteiger partial charge is 0.262 e. The molecule has 2 amide bonds. The second-order valence-electron chi connectivity index (χ2n) is 7.07. The number of nitrogens with zero attached hydrogens (tertiary/aromatic N) is 4. The van der Waals surface area contributed by atoms with Gasteiger partial charge in [0, 0.05) is 50.6 Å². The van der Waals surface area contributed by atoms with E-state index in [9.17, 15) is 14.4 Å². The first-order chi connectivity index (χ1) is 13.4. The van der Waals surface area contributed by atoms with E-state index < -0.39 is 0 Å². The molecule has 3 rings (SSSR count). The first kappa shape index (κ1) is 20.5. The Labute approximate surface area is 168 Å². The molecule has 28 heavy (non-hydrogen) atoms. The van der Waals surface area contributed by atoms with Crippen molar-refractivity contribution in [2.24, 2.45) is 0 Å². The van der Waals surface area contributed by atoms with Crippen molar-refractivity contribution in [2.45, 2.75) is 33.7 Å². The molecular formula is C19H27N5O3S. The summed E-state index contributed by atoms with van der Waals surface area (Å²) < 4.78 is 1.53. The van der Waals surface area contributed by atoms with E-state index in [2.05, 4.69) is 15.2 Å². The van der Waals surface area contributed by atoms with E-state index in [1.54, 1.807) is 0 Å². The van der Waals surface area contributed by atoms with Gasteiger partial charge >= 0.3 is 0 Å². The van der Waals surface area contributed by atoms with Crippen LogP contribution in [0.4, 0.5) is 0 Å². The summed E-state index contributed by atoms with van der Waals surface area (Å²) in [6.07, 6.45) is 1.81. The van der Waals surface area contributed by atoms with E-state index in [-0.39, 0.29) is 23.8 Å². The van der Waals surface area contributed by atoms with E-state index in [0.717, 1.165) is 15.3 Å². The number of thiophene rings is 1. The SMILES string of the molecule is CCNC(=O)CN1CCN(C(=O)CCn2cnc3sc(C)c(C)c3c2=O)CC1. The highest BCUT2D eigenvalue weighted by Gasteiger charge is 2.22. The number of hydrogen-bond donors (Lipinski definition) is 1. The van der Waals surface area contributed by atoms with Crippen LogP contribution < -0.4 is 10.9 Å². The van der Waals surface area contributed by atoms with Crippen LogP contribution >= 0.6 is 11.3 Å². The van der Waals surface area contributed by atoms with Crippen LogP contribution in [0.5, 0.6) is 0 Å². The molecule has 152 valence electrons. The highest BCUT2D eigenvalue weighted by molar-refractivity contribution is 7.18. The summed E-state index contributed by atoms with van der Waals surface area (Å²) in [7, 11) is 0. The Balaban J connectivity index is 1.55. The number of hydrogen-bond acceptors (Lipinski definition) is 6. The van der Waals surface area contributed by atoms with Crippen LogP contribution in [0.3, 0.4) is 0 Å². The van der Waals surface area contributed by atoms with E-state index in [1.807, 2.05) is 25.7 Å². The summed E-state index contributed by atoms with van der Waals surface area (Å²) in [6.45, 7) is 9.72. The van der Waals surface area contributed by atoms with Crippen molar-refractivity contribution >= 4 is 33.4 Å². The number of carbonyl (C=O) groups excluding carboxylic acids is 2. The fourth-order valence-electron chi connectivity index (χ4n) is 3.42. The average Bonchev–Trinajstić information content (AvgIpc) is 2.96. The van der Waals surface area contributed by atoms with Gasteiger partial charge in [-0.25, -0.2) is 4.98 Å². The lowest BCUT2D eigenvalue weighted by atomic mass is 10.2. The molecule has 1 saturated heterocycles. The third kappa shape index (κ3) is 4.41. The van der Waals surface area contributed by atoms with Crippen LogP contribution in [0.1, 0.15) is 23.8 Å². The third-order valence-corrected chi connectivity index (χ3v) is 6.30. The summed E-state index contributed by atoms with van der Waals surface area (Å²) >= 11 is 1.52. The van der Waals surface area contributed by atoms with Gasteiger partial charge in [0.15, 0.2) is 0 Å². The molecule has 0 unspecified atom stereocenters. The zero-order valence-electron chi connectivity index (χ0n) is 16.7. The van der Waals surface area contributed by atoms with Crippen LogP contribution in [0.2, 0.25) is 0 Å². The minimum Gasteiger partial charge on any atom is -0.355 e. The Morgan fingerprint density at radius 3 is 2.61 bits per heavy atom. The van der Waals surface area contributed by atoms with Gasteiger partial charge in [-0.1, -0.05) is 0 Å². The quantitative estimate of drug-likeness (QED) is 0.766. The van der Waals surface area contributed by atoms with Crippen molar-refractivity contribution in [1.82, 2.24) is 24.7 Å². The largest absolute Gasteiger partial charge is 0.355 e. The molecule has 3 heterocycles. The first-order valence-corrected chi connectivity index (χ1v) is 10.4. The molecular weight excluding hydrogens is 378 g/mol. The molecule has 0 aromatic carbocycles. The van der Waals surface area contributed by atoms with Gasteiger partial charge in [-0.15, -0.1) is 11.3 Å². The zero-order valence-corrected chi connectivity index (χ0v) is 17.5. The number of aromatic nitrogens is 2. The van der Waals surface area contributed by atoms with Gasteiger partial charge in [0.05, 0.1) is 18.3 Å². The van der Waals surface area contributed by atoms with Gasteiger partial charge in [-0.3, -0.25) is 23.9 Å². The summed E-state index contributed by atoms with van der Waals surface area (Å²) in [5.74, 6) is 0.0476. The molecule has 1 N–H and O–H groups in total. The standard InChI is InChI=1S/C19H27N5O3S/c1-4-20-15(25)11-22-7-9-23(10-8-22)16(26)5-6-24-12-21-18-17(19(24)27)13(2)14(3)28-18/h12H,4-11H2,1-3H3,(H,20,25). The van der Waals surface area contributed by atoms with Crippen LogP contribution in [0.25, 0.3) is 10.2 Å². The second-order valence-corrected chi connectivity index (χ2v) is 8.27. The number of rotatable bonds is 6. The van der Waals surface area contributed by atoms with Crippen molar-refractivity contribution in [1.29, 1.82) is 0 Å². The number of nitrogens with one attached hydrogen (secondary N) is 1. The van der Waals surface area contributed by atoms with Crippen molar-refractivity contribution < 1.29 is 9.59 Å². The predicted octanol–water partition coefficient (Wildman–Crippen LogP) is 0.745. The topological polar surface area (TPSA) is 87.5 Å². The van der Waals surface area contributed by atoms with Gasteiger partial charge < -0.3 is 10.2 Å². The van der Waals surface area contributed by atoms with Crippen LogP contribution in [0, 0.1) is 13.8 Å². The Hall–Kier alpha value is -2.26. The normalized spacial score (nSPS) is 15.2. The minimum absolute atomic E-state index is 0.0171. The molecule has 8 nitrogen and oxygen atoms in total. The molecule has 1 fully saturated rings. The van der Waals surface area contributed by atoms with Crippen molar-refractivity contribution in [3.63, 3.8) is 0 Å². The van der Waals surface area contributed by atoms with E-state index in [1.165, 1.54) is 22.2 Å². The van der Waals surface area contributed by atoms with Gasteiger partial charge in [-0.05, 0) is 26.3 Å². The molecule has 0 saturated carbocycles. The monoisotopic (exact) mass is 405 g/mol. The van der Waals surface area contributed by atoms with Crippen LogP contribution in [-0.2, 0) is 16.1 Å². The predicted molar refractivity (Wildman–Crippen MR) is 110 cm³/mol. The van der Waals surface area contributed by atoms with Crippen LogP contribution in [-0.4, -0.2) is 70.4 Å². The number of aryl methyl sites for hydroxylation is 3. The van der Waals surface area contributed by atoms with Crippen molar-refractivity contribution in [3.05, 3.63) is 27.1 Å². The van der Waals surface area contributed by atoms with Crippen molar-refractivity contribution in [2.75, 3.05) is 39.3 Å². The number of likely N-dealkylation sites (N-methyl/N-ethyl adjacent to an activating group) is 1. The molecule has 0 bridgehead atoms. The lowest BCUT2D eigenvalue weighted by Gasteiger charge is -2.34. The molecule has 0 spiro atoms. The molecule has 1 aliphatic rings. The second kappa shape index (κ2) is 8.83. The minimum atomic E-state index is -0.0774. The average molecular weight is 406 g/mol. The molecule has 0 atom stereocenters. The van der Waals surface area contributed by atoms with E-state index >= 15 is 0 Å². The van der Waals surface area contributed by atoms with Crippen molar-refractivity contribution in [3.8, 4) is 0 Å². The Morgan fingerprint density at radius 1 is 1.21 bits per heavy atom. The summed E-state index contributed by atoms with van der Waals surface area (Å²) in [5, 5.41) is 3.45. The maximum Gasteiger partial charge on any atom is 0.262 e. The lowest BCUT2D eigenvalue weighted by Crippen LogP contribution is -2.51. The Bertz CT molecular complexity index is 928. The first-order valence-electron chi connectivity index (χ1n) is 9.62. The summed E-state index contributed by atoms with van der Waals surface area (Å²) in [4.78, 5) is 47.0. The maximum atomic E-state index is 12.7. The van der Waals surface area contributed by atoms with Gasteiger partial charge in [0.2, 0.25) is 11.8 Å². The zero-order chi connectivity index (χ0) is 20.3. The summed E-state index contributed by atoms with van der Waals surface area (Å²) in [5.41, 5.74) is 0.896. The molecule has 2 aromatic heterocycles. The van der Waals surface area contributed by atoms with E-state index in [0.29, 0.717) is 51.2 Å². The molecule has 2 aromatic rings. The lowest BCUT2D eigenvalue weighted by molar-refractivity contribution is -0.133. The van der Waals surface area contributed by atoms with E-state index in [4.69, 9.17) is 0 Å². The summed E-state index contributed by atoms with van der Waals surface area (Å²) in [6, 6.07) is 0. The maximum absolute atomic E-state index is 12.7. The molecule has 1 aliphatic heterocycles. The highest BCUT2D eigenvalue weighted by atomic mass is 32.1. The van der Waals surface area contributed by atoms with Gasteiger partial charge in [0.25, 0.3) is 5.56 Å². The number of amides is 2. The number of fused-ring (bicyclic) bond motifs is 1.